The number of carbonyl (C=O) groups excluding carboxylic acids is 1. The number of pyridine rings is 2. The second-order valence-corrected chi connectivity index (χ2v) is 6.53. The van der Waals surface area contributed by atoms with Crippen LogP contribution in [0.1, 0.15) is 29.5 Å². The predicted molar refractivity (Wildman–Crippen MR) is 103 cm³/mol. The molecule has 0 radical (unpaired) electrons. The Hall–Kier alpha value is -2.95. The Labute approximate surface area is 152 Å². The number of benzene rings is 1. The first-order valence-electron chi connectivity index (χ1n) is 8.90. The van der Waals surface area contributed by atoms with Gasteiger partial charge in [-0.3, -0.25) is 14.6 Å². The second-order valence-electron chi connectivity index (χ2n) is 6.53. The number of nitrogens with one attached hydrogen (secondary N) is 2. The molecule has 0 fully saturated rings. The largest absolute Gasteiger partial charge is 0.356 e. The molecule has 0 aliphatic heterocycles. The summed E-state index contributed by atoms with van der Waals surface area (Å²) in [4.78, 5) is 31.1. The molecule has 2 aromatic heterocycles. The van der Waals surface area contributed by atoms with Gasteiger partial charge in [-0.2, -0.15) is 0 Å². The van der Waals surface area contributed by atoms with E-state index in [2.05, 4.69) is 15.3 Å². The Morgan fingerprint density at radius 1 is 1.19 bits per heavy atom. The molecule has 26 heavy (non-hydrogen) atoms. The van der Waals surface area contributed by atoms with E-state index in [0.717, 1.165) is 34.9 Å². The number of hydrogen-bond acceptors (Lipinski definition) is 3. The monoisotopic (exact) mass is 349 g/mol. The van der Waals surface area contributed by atoms with E-state index in [4.69, 9.17) is 0 Å². The van der Waals surface area contributed by atoms with Gasteiger partial charge in [-0.15, -0.1) is 0 Å². The molecule has 5 heteroatoms. The summed E-state index contributed by atoms with van der Waals surface area (Å²) in [7, 11) is 0. The molecule has 2 heterocycles. The fraction of sp³-hybridized carbons (Fsp3) is 0.286. The Balaban J connectivity index is 1.48. The second kappa shape index (κ2) is 8.43. The number of aryl methyl sites for hydroxylation is 2. The van der Waals surface area contributed by atoms with Gasteiger partial charge in [0.15, 0.2) is 0 Å². The Morgan fingerprint density at radius 3 is 2.88 bits per heavy atom. The molecular weight excluding hydrogens is 326 g/mol. The van der Waals surface area contributed by atoms with E-state index < -0.39 is 0 Å². The van der Waals surface area contributed by atoms with Crippen LogP contribution in [0.5, 0.6) is 0 Å². The maximum atomic E-state index is 12.1. The Bertz CT molecular complexity index is 948. The highest BCUT2D eigenvalue weighted by atomic mass is 16.1. The summed E-state index contributed by atoms with van der Waals surface area (Å²) in [6.07, 6.45) is 6.19. The lowest BCUT2D eigenvalue weighted by Crippen LogP contribution is -2.27. The van der Waals surface area contributed by atoms with Crippen LogP contribution in [-0.2, 0) is 17.6 Å². The zero-order valence-corrected chi connectivity index (χ0v) is 14.9. The highest BCUT2D eigenvalue weighted by Gasteiger charge is 2.05. The van der Waals surface area contributed by atoms with Crippen molar-refractivity contribution in [2.75, 3.05) is 6.54 Å². The van der Waals surface area contributed by atoms with Crippen LogP contribution >= 0.6 is 0 Å². The minimum Gasteiger partial charge on any atom is -0.356 e. The SMILES string of the molecule is Cc1ccc2[nH]c(=O)c(CCNC(=O)CCCc3cccnc3)cc2c1. The van der Waals surface area contributed by atoms with E-state index in [1.807, 2.05) is 49.5 Å². The number of rotatable bonds is 7. The molecule has 0 bridgehead atoms. The Morgan fingerprint density at radius 2 is 2.08 bits per heavy atom. The smallest absolute Gasteiger partial charge is 0.251 e. The highest BCUT2D eigenvalue weighted by molar-refractivity contribution is 5.79. The fourth-order valence-electron chi connectivity index (χ4n) is 2.98. The molecule has 0 aliphatic rings. The van der Waals surface area contributed by atoms with Crippen molar-refractivity contribution >= 4 is 16.8 Å². The van der Waals surface area contributed by atoms with Gasteiger partial charge in [0.1, 0.15) is 0 Å². The van der Waals surface area contributed by atoms with Gasteiger partial charge in [0.25, 0.3) is 5.56 Å². The highest BCUT2D eigenvalue weighted by Crippen LogP contribution is 2.13. The van der Waals surface area contributed by atoms with Crippen molar-refractivity contribution in [2.45, 2.75) is 32.6 Å². The van der Waals surface area contributed by atoms with Crippen molar-refractivity contribution in [2.24, 2.45) is 0 Å². The van der Waals surface area contributed by atoms with Crippen molar-refractivity contribution in [3.05, 3.63) is 75.8 Å². The molecule has 5 nitrogen and oxygen atoms in total. The number of aromatic nitrogens is 2. The molecule has 0 spiro atoms. The minimum atomic E-state index is -0.0906. The van der Waals surface area contributed by atoms with Gasteiger partial charge in [0.05, 0.1) is 0 Å². The molecular formula is C21H23N3O2. The third-order valence-corrected chi connectivity index (χ3v) is 4.39. The summed E-state index contributed by atoms with van der Waals surface area (Å²) in [5.41, 5.74) is 3.73. The average molecular weight is 349 g/mol. The molecule has 1 amide bonds. The predicted octanol–water partition coefficient (Wildman–Crippen LogP) is 2.91. The fourth-order valence-corrected chi connectivity index (χ4v) is 2.98. The molecule has 0 saturated carbocycles. The van der Waals surface area contributed by atoms with E-state index in [1.165, 1.54) is 0 Å². The number of aromatic amines is 1. The number of carbonyl (C=O) groups is 1. The average Bonchev–Trinajstić information content (AvgIpc) is 2.63. The molecule has 0 atom stereocenters. The van der Waals surface area contributed by atoms with Crippen LogP contribution in [0.4, 0.5) is 0 Å². The van der Waals surface area contributed by atoms with Gasteiger partial charge in [-0.1, -0.05) is 17.7 Å². The van der Waals surface area contributed by atoms with Crippen molar-refractivity contribution in [1.29, 1.82) is 0 Å². The van der Waals surface area contributed by atoms with E-state index in [-0.39, 0.29) is 11.5 Å². The summed E-state index contributed by atoms with van der Waals surface area (Å²) in [6.45, 7) is 2.49. The summed E-state index contributed by atoms with van der Waals surface area (Å²) >= 11 is 0. The maximum absolute atomic E-state index is 12.1. The van der Waals surface area contributed by atoms with Gasteiger partial charge in [-0.05, 0) is 61.4 Å². The molecule has 3 rings (SSSR count). The Kier molecular flexibility index (Phi) is 5.79. The molecule has 0 saturated heterocycles. The lowest BCUT2D eigenvalue weighted by atomic mass is 10.1. The first-order chi connectivity index (χ1) is 12.6. The lowest BCUT2D eigenvalue weighted by molar-refractivity contribution is -0.121. The first kappa shape index (κ1) is 17.9. The summed E-state index contributed by atoms with van der Waals surface area (Å²) < 4.78 is 0. The van der Waals surface area contributed by atoms with Gasteiger partial charge >= 0.3 is 0 Å². The van der Waals surface area contributed by atoms with E-state index >= 15 is 0 Å². The maximum Gasteiger partial charge on any atom is 0.251 e. The van der Waals surface area contributed by atoms with Gasteiger partial charge in [-0.25, -0.2) is 0 Å². The van der Waals surface area contributed by atoms with Crippen LogP contribution in [0, 0.1) is 6.92 Å². The topological polar surface area (TPSA) is 74.8 Å². The van der Waals surface area contributed by atoms with E-state index in [0.29, 0.717) is 24.9 Å². The summed E-state index contributed by atoms with van der Waals surface area (Å²) in [5.74, 6) is 0.0157. The third-order valence-electron chi connectivity index (χ3n) is 4.39. The molecule has 3 aromatic rings. The van der Waals surface area contributed by atoms with Crippen LogP contribution in [0.25, 0.3) is 10.9 Å². The quantitative estimate of drug-likeness (QED) is 0.689. The zero-order chi connectivity index (χ0) is 18.4. The first-order valence-corrected chi connectivity index (χ1v) is 8.90. The molecule has 0 aliphatic carbocycles. The van der Waals surface area contributed by atoms with Crippen LogP contribution in [-0.4, -0.2) is 22.4 Å². The standard InChI is InChI=1S/C21H23N3O2/c1-15-7-8-19-18(12-15)13-17(21(26)24-19)9-11-23-20(25)6-2-4-16-5-3-10-22-14-16/h3,5,7-8,10,12-14H,2,4,6,9,11H2,1H3,(H,23,25)(H,24,26). The third kappa shape index (κ3) is 4.79. The van der Waals surface area contributed by atoms with E-state index in [9.17, 15) is 9.59 Å². The zero-order valence-electron chi connectivity index (χ0n) is 14.9. The van der Waals surface area contributed by atoms with Crippen LogP contribution in [0.2, 0.25) is 0 Å². The van der Waals surface area contributed by atoms with Gasteiger partial charge in [0, 0.05) is 36.4 Å². The molecule has 134 valence electrons. The lowest BCUT2D eigenvalue weighted by Gasteiger charge is -2.07. The van der Waals surface area contributed by atoms with Gasteiger partial charge < -0.3 is 10.3 Å². The van der Waals surface area contributed by atoms with Crippen LogP contribution in [0.15, 0.2) is 53.6 Å². The van der Waals surface area contributed by atoms with Crippen molar-refractivity contribution in [3.63, 3.8) is 0 Å². The summed E-state index contributed by atoms with van der Waals surface area (Å²) in [5, 5.41) is 3.91. The van der Waals surface area contributed by atoms with Crippen molar-refractivity contribution in [1.82, 2.24) is 15.3 Å². The van der Waals surface area contributed by atoms with Crippen LogP contribution < -0.4 is 10.9 Å². The van der Waals surface area contributed by atoms with Crippen molar-refractivity contribution < 1.29 is 4.79 Å². The summed E-state index contributed by atoms with van der Waals surface area (Å²) in [6, 6.07) is 11.8. The van der Waals surface area contributed by atoms with Crippen LogP contribution in [0.3, 0.4) is 0 Å². The minimum absolute atomic E-state index is 0.0157. The number of hydrogen-bond donors (Lipinski definition) is 2. The normalized spacial score (nSPS) is 10.8. The number of nitrogens with zero attached hydrogens (tertiary/aromatic N) is 1. The number of H-pyrrole nitrogens is 1. The number of amides is 1. The number of fused-ring (bicyclic) bond motifs is 1. The molecule has 2 N–H and O–H groups in total. The van der Waals surface area contributed by atoms with E-state index in [1.54, 1.807) is 6.20 Å². The molecule has 0 unspecified atom stereocenters. The van der Waals surface area contributed by atoms with Gasteiger partial charge in [0.2, 0.25) is 5.91 Å². The molecule has 1 aromatic carbocycles. The van der Waals surface area contributed by atoms with Crippen molar-refractivity contribution in [3.8, 4) is 0 Å².